The number of hydrogen-bond acceptors (Lipinski definition) is 4. The van der Waals surface area contributed by atoms with Crippen LogP contribution in [-0.4, -0.2) is 12.6 Å². The summed E-state index contributed by atoms with van der Waals surface area (Å²) in [5.74, 6) is -3.60. The molecule has 1 fully saturated rings. The van der Waals surface area contributed by atoms with Crippen molar-refractivity contribution in [3.8, 4) is 17.6 Å². The summed E-state index contributed by atoms with van der Waals surface area (Å²) in [5.41, 5.74) is -1.13. The summed E-state index contributed by atoms with van der Waals surface area (Å²) in [6, 6.07) is 6.63. The lowest BCUT2D eigenvalue weighted by Crippen LogP contribution is -2.20. The van der Waals surface area contributed by atoms with Crippen LogP contribution in [0.4, 0.5) is 13.2 Å². The van der Waals surface area contributed by atoms with Crippen molar-refractivity contribution in [2.24, 2.45) is 11.8 Å². The van der Waals surface area contributed by atoms with Crippen LogP contribution in [0.2, 0.25) is 0 Å². The van der Waals surface area contributed by atoms with Crippen molar-refractivity contribution < 1.29 is 27.4 Å². The highest BCUT2D eigenvalue weighted by atomic mass is 19.1. The number of unbranched alkanes of at least 4 members (excludes halogenated alkanes) is 2. The van der Waals surface area contributed by atoms with Crippen LogP contribution in [-0.2, 0) is 0 Å². The Hall–Kier alpha value is -3.01. The van der Waals surface area contributed by atoms with Crippen molar-refractivity contribution in [3.05, 3.63) is 58.9 Å². The molecule has 4 nitrogen and oxygen atoms in total. The zero-order valence-electron chi connectivity index (χ0n) is 18.7. The molecular weight excluding hydrogens is 431 g/mol. The summed E-state index contributed by atoms with van der Waals surface area (Å²) in [7, 11) is 0. The lowest BCUT2D eigenvalue weighted by molar-refractivity contribution is 0.0724. The van der Waals surface area contributed by atoms with Crippen molar-refractivity contribution >= 4 is 5.97 Å². The third-order valence-corrected chi connectivity index (χ3v) is 6.16. The lowest BCUT2D eigenvalue weighted by atomic mass is 9.80. The summed E-state index contributed by atoms with van der Waals surface area (Å²) in [4.78, 5) is 12.2. The van der Waals surface area contributed by atoms with Gasteiger partial charge < -0.3 is 9.47 Å². The van der Waals surface area contributed by atoms with Crippen molar-refractivity contribution in [1.82, 2.24) is 0 Å². The van der Waals surface area contributed by atoms with Gasteiger partial charge in [0.15, 0.2) is 0 Å². The maximum absolute atomic E-state index is 14.5. The molecule has 0 spiro atoms. The molecule has 3 rings (SSSR count). The van der Waals surface area contributed by atoms with Gasteiger partial charge in [-0.2, -0.15) is 5.26 Å². The highest BCUT2D eigenvalue weighted by Gasteiger charge is 2.24. The highest BCUT2D eigenvalue weighted by Crippen LogP contribution is 2.33. The number of benzene rings is 2. The molecule has 2 aromatic carbocycles. The Morgan fingerprint density at radius 3 is 2.21 bits per heavy atom. The van der Waals surface area contributed by atoms with Crippen molar-refractivity contribution in [2.75, 3.05) is 6.61 Å². The number of ether oxygens (including phenoxy) is 2. The minimum absolute atomic E-state index is 0.0102. The number of esters is 1. The van der Waals surface area contributed by atoms with E-state index < -0.39 is 29.0 Å². The maximum atomic E-state index is 14.5. The third kappa shape index (κ3) is 6.74. The summed E-state index contributed by atoms with van der Waals surface area (Å²) in [5, 5.41) is 8.74. The van der Waals surface area contributed by atoms with Crippen LogP contribution in [0, 0.1) is 40.6 Å². The molecule has 0 unspecified atom stereocenters. The number of nitrogens with zero attached hydrogens (tertiary/aromatic N) is 1. The van der Waals surface area contributed by atoms with E-state index in [4.69, 9.17) is 14.7 Å². The van der Waals surface area contributed by atoms with Crippen LogP contribution in [0.5, 0.6) is 11.5 Å². The second-order valence-corrected chi connectivity index (χ2v) is 8.60. The van der Waals surface area contributed by atoms with Gasteiger partial charge in [0.25, 0.3) is 0 Å². The predicted octanol–water partition coefficient (Wildman–Crippen LogP) is 6.96. The third-order valence-electron chi connectivity index (χ3n) is 6.16. The molecule has 0 saturated heterocycles. The van der Waals surface area contributed by atoms with Crippen LogP contribution in [0.15, 0.2) is 30.3 Å². The van der Waals surface area contributed by atoms with Crippen LogP contribution < -0.4 is 9.47 Å². The van der Waals surface area contributed by atoms with Gasteiger partial charge in [0.1, 0.15) is 40.6 Å². The maximum Gasteiger partial charge on any atom is 0.349 e. The molecule has 176 valence electrons. The summed E-state index contributed by atoms with van der Waals surface area (Å²) >= 11 is 0. The summed E-state index contributed by atoms with van der Waals surface area (Å²) < 4.78 is 53.1. The standard InChI is InChI=1S/C26H28F3NO3/c1-2-3-4-5-17-6-8-18(9-7-17)16-32-21-13-23(28)25(24(29)14-21)26(31)33-20-11-10-19(15-30)22(27)12-20/h10-14,17-18H,2-9,16H2,1H3/t17-,18-. The van der Waals surface area contributed by atoms with Gasteiger partial charge in [-0.05, 0) is 36.8 Å². The first-order valence-corrected chi connectivity index (χ1v) is 11.4. The summed E-state index contributed by atoms with van der Waals surface area (Å²) in [6.45, 7) is 2.57. The summed E-state index contributed by atoms with van der Waals surface area (Å²) in [6.07, 6.45) is 9.41. The molecule has 1 aliphatic carbocycles. The van der Waals surface area contributed by atoms with E-state index in [0.717, 1.165) is 55.9 Å². The van der Waals surface area contributed by atoms with Gasteiger partial charge in [-0.3, -0.25) is 0 Å². The number of rotatable bonds is 9. The fraction of sp³-hybridized carbons (Fsp3) is 0.462. The van der Waals surface area contributed by atoms with Gasteiger partial charge in [0.2, 0.25) is 0 Å². The zero-order valence-corrected chi connectivity index (χ0v) is 18.7. The van der Waals surface area contributed by atoms with Crippen LogP contribution >= 0.6 is 0 Å². The molecule has 0 amide bonds. The van der Waals surface area contributed by atoms with E-state index in [9.17, 15) is 18.0 Å². The molecule has 0 aromatic heterocycles. The topological polar surface area (TPSA) is 59.3 Å². The first-order chi connectivity index (χ1) is 15.9. The Morgan fingerprint density at radius 2 is 1.61 bits per heavy atom. The monoisotopic (exact) mass is 459 g/mol. The number of carbonyl (C=O) groups is 1. The second-order valence-electron chi connectivity index (χ2n) is 8.60. The molecule has 1 aliphatic rings. The molecule has 0 atom stereocenters. The zero-order chi connectivity index (χ0) is 23.8. The van der Waals surface area contributed by atoms with Gasteiger partial charge in [0.05, 0.1) is 12.2 Å². The van der Waals surface area contributed by atoms with Gasteiger partial charge in [-0.15, -0.1) is 0 Å². The molecule has 7 heteroatoms. The largest absolute Gasteiger partial charge is 0.493 e. The van der Waals surface area contributed by atoms with Gasteiger partial charge >= 0.3 is 5.97 Å². The number of hydrogen-bond donors (Lipinski definition) is 0. The molecular formula is C26H28F3NO3. The fourth-order valence-electron chi connectivity index (χ4n) is 4.22. The molecule has 0 radical (unpaired) electrons. The lowest BCUT2D eigenvalue weighted by Gasteiger charge is -2.28. The van der Waals surface area contributed by atoms with E-state index in [-0.39, 0.29) is 17.1 Å². The van der Waals surface area contributed by atoms with E-state index in [2.05, 4.69) is 6.92 Å². The van der Waals surface area contributed by atoms with E-state index in [0.29, 0.717) is 12.5 Å². The Morgan fingerprint density at radius 1 is 0.970 bits per heavy atom. The van der Waals surface area contributed by atoms with E-state index in [1.165, 1.54) is 31.7 Å². The second kappa shape index (κ2) is 11.7. The van der Waals surface area contributed by atoms with E-state index >= 15 is 0 Å². The molecule has 0 aliphatic heterocycles. The molecule has 0 heterocycles. The predicted molar refractivity (Wildman–Crippen MR) is 118 cm³/mol. The first kappa shape index (κ1) is 24.6. The molecule has 0 N–H and O–H groups in total. The van der Waals surface area contributed by atoms with Crippen molar-refractivity contribution in [3.63, 3.8) is 0 Å². The Balaban J connectivity index is 1.55. The number of carbonyl (C=O) groups excluding carboxylic acids is 1. The molecule has 1 saturated carbocycles. The minimum Gasteiger partial charge on any atom is -0.493 e. The normalized spacial score (nSPS) is 17.9. The number of nitriles is 1. The Bertz CT molecular complexity index is 987. The number of halogens is 3. The Kier molecular flexibility index (Phi) is 8.76. The van der Waals surface area contributed by atoms with Gasteiger partial charge in [-0.1, -0.05) is 45.4 Å². The molecule has 33 heavy (non-hydrogen) atoms. The van der Waals surface area contributed by atoms with Crippen molar-refractivity contribution in [2.45, 2.75) is 58.3 Å². The van der Waals surface area contributed by atoms with E-state index in [1.54, 1.807) is 6.07 Å². The average Bonchev–Trinajstić information content (AvgIpc) is 2.78. The quantitative estimate of drug-likeness (QED) is 0.231. The highest BCUT2D eigenvalue weighted by molar-refractivity contribution is 5.91. The average molecular weight is 460 g/mol. The molecule has 0 bridgehead atoms. The first-order valence-electron chi connectivity index (χ1n) is 11.4. The van der Waals surface area contributed by atoms with Crippen LogP contribution in [0.1, 0.15) is 74.2 Å². The van der Waals surface area contributed by atoms with Crippen molar-refractivity contribution in [1.29, 1.82) is 5.26 Å². The van der Waals surface area contributed by atoms with Crippen LogP contribution in [0.3, 0.4) is 0 Å². The van der Waals surface area contributed by atoms with Crippen LogP contribution in [0.25, 0.3) is 0 Å². The minimum atomic E-state index is -1.30. The molecule has 2 aromatic rings. The smallest absolute Gasteiger partial charge is 0.349 e. The van der Waals surface area contributed by atoms with Gasteiger partial charge in [-0.25, -0.2) is 18.0 Å². The SMILES string of the molecule is CCCCC[C@H]1CC[C@H](COc2cc(F)c(C(=O)Oc3ccc(C#N)c(F)c3)c(F)c2)CC1. The van der Waals surface area contributed by atoms with E-state index in [1.807, 2.05) is 0 Å². The Labute approximate surface area is 192 Å². The van der Waals surface area contributed by atoms with Gasteiger partial charge in [0, 0.05) is 18.2 Å². The fourth-order valence-corrected chi connectivity index (χ4v) is 4.22.